The lowest BCUT2D eigenvalue weighted by Gasteiger charge is -2.01. The summed E-state index contributed by atoms with van der Waals surface area (Å²) < 4.78 is 10.2. The van der Waals surface area contributed by atoms with Crippen molar-refractivity contribution in [3.05, 3.63) is 65.3 Å². The van der Waals surface area contributed by atoms with Gasteiger partial charge in [0.2, 0.25) is 11.5 Å². The number of carbonyl (C=O) groups excluding carboxylic acids is 1. The molecule has 6 heteroatoms. The molecule has 2 rings (SSSR count). The van der Waals surface area contributed by atoms with Gasteiger partial charge in [0.1, 0.15) is 5.75 Å². The Hall–Kier alpha value is -3.02. The van der Waals surface area contributed by atoms with Crippen LogP contribution in [0.4, 0.5) is 0 Å². The summed E-state index contributed by atoms with van der Waals surface area (Å²) >= 11 is 0. The van der Waals surface area contributed by atoms with E-state index >= 15 is 0 Å². The third-order valence-electron chi connectivity index (χ3n) is 2.95. The zero-order valence-electron chi connectivity index (χ0n) is 11.8. The molecule has 0 spiro atoms. The highest BCUT2D eigenvalue weighted by molar-refractivity contribution is 6.06. The van der Waals surface area contributed by atoms with E-state index in [1.807, 2.05) is 24.3 Å². The van der Waals surface area contributed by atoms with Crippen LogP contribution in [0.3, 0.4) is 0 Å². The SMILES string of the molecule is COc1ccc(Cc2coc(C(=O)/C=C(\O)C(=O)O)c2)cc1. The number of ether oxygens (including phenoxy) is 1. The second-order valence-corrected chi connectivity index (χ2v) is 4.54. The molecule has 0 saturated carbocycles. The van der Waals surface area contributed by atoms with Crippen molar-refractivity contribution < 1.29 is 29.0 Å². The average molecular weight is 302 g/mol. The largest absolute Gasteiger partial charge is 0.502 e. The minimum atomic E-state index is -1.57. The topological polar surface area (TPSA) is 97.0 Å². The zero-order chi connectivity index (χ0) is 16.1. The predicted octanol–water partition coefficient (Wildman–Crippen LogP) is 2.59. The number of hydrogen-bond donors (Lipinski definition) is 2. The number of methoxy groups -OCH3 is 1. The predicted molar refractivity (Wildman–Crippen MR) is 77.2 cm³/mol. The first kappa shape index (κ1) is 15.4. The number of aliphatic hydroxyl groups is 1. The van der Waals surface area contributed by atoms with Crippen LogP contribution < -0.4 is 4.74 Å². The molecule has 0 bridgehead atoms. The summed E-state index contributed by atoms with van der Waals surface area (Å²) in [6.07, 6.45) is 2.58. The number of furan rings is 1. The Bertz CT molecular complexity index is 708. The van der Waals surface area contributed by atoms with Crippen molar-refractivity contribution in [3.63, 3.8) is 0 Å². The Labute approximate surface area is 126 Å². The minimum absolute atomic E-state index is 0.0312. The van der Waals surface area contributed by atoms with Gasteiger partial charge >= 0.3 is 5.97 Å². The van der Waals surface area contributed by atoms with Crippen LogP contribution in [0, 0.1) is 0 Å². The molecule has 1 aromatic heterocycles. The summed E-state index contributed by atoms with van der Waals surface area (Å²) in [5.74, 6) is -2.59. The van der Waals surface area contributed by atoms with E-state index in [-0.39, 0.29) is 5.76 Å². The molecule has 2 aromatic rings. The normalized spacial score (nSPS) is 11.2. The fourth-order valence-electron chi connectivity index (χ4n) is 1.83. The number of allylic oxidation sites excluding steroid dienone is 1. The molecular formula is C16H14O6. The zero-order valence-corrected chi connectivity index (χ0v) is 11.8. The van der Waals surface area contributed by atoms with Crippen LogP contribution >= 0.6 is 0 Å². The van der Waals surface area contributed by atoms with Crippen molar-refractivity contribution in [3.8, 4) is 5.75 Å². The highest BCUT2D eigenvalue weighted by atomic mass is 16.5. The van der Waals surface area contributed by atoms with Gasteiger partial charge in [0, 0.05) is 12.5 Å². The van der Waals surface area contributed by atoms with E-state index in [2.05, 4.69) is 0 Å². The molecule has 0 aliphatic carbocycles. The summed E-state index contributed by atoms with van der Waals surface area (Å²) in [5, 5.41) is 17.5. The van der Waals surface area contributed by atoms with Crippen LogP contribution in [-0.4, -0.2) is 29.1 Å². The third kappa shape index (κ3) is 3.76. The number of carboxylic acids is 1. The Kier molecular flexibility index (Phi) is 4.63. The van der Waals surface area contributed by atoms with Crippen molar-refractivity contribution in [2.75, 3.05) is 7.11 Å². The van der Waals surface area contributed by atoms with Gasteiger partial charge in [-0.3, -0.25) is 4.79 Å². The molecule has 0 fully saturated rings. The van der Waals surface area contributed by atoms with Crippen LogP contribution in [0.5, 0.6) is 5.75 Å². The van der Waals surface area contributed by atoms with Crippen LogP contribution in [0.15, 0.2) is 52.8 Å². The van der Waals surface area contributed by atoms with Gasteiger partial charge in [-0.25, -0.2) is 4.79 Å². The van der Waals surface area contributed by atoms with Gasteiger partial charge in [-0.1, -0.05) is 12.1 Å². The first-order chi connectivity index (χ1) is 10.5. The number of hydrogen-bond acceptors (Lipinski definition) is 5. The number of aliphatic hydroxyl groups excluding tert-OH is 1. The lowest BCUT2D eigenvalue weighted by atomic mass is 10.1. The standard InChI is InChI=1S/C16H14O6/c1-21-12-4-2-10(3-5-12)6-11-7-15(22-9-11)13(17)8-14(18)16(19)20/h2-5,7-9,18H,6H2,1H3,(H,19,20)/b14-8-. The van der Waals surface area contributed by atoms with Crippen molar-refractivity contribution in [2.45, 2.75) is 6.42 Å². The second-order valence-electron chi connectivity index (χ2n) is 4.54. The van der Waals surface area contributed by atoms with Gasteiger partial charge in [-0.15, -0.1) is 0 Å². The molecule has 114 valence electrons. The Balaban J connectivity index is 2.09. The number of carboxylic acid groups (broad SMARTS) is 1. The van der Waals surface area contributed by atoms with Crippen LogP contribution in [0.2, 0.25) is 0 Å². The third-order valence-corrected chi connectivity index (χ3v) is 2.95. The summed E-state index contributed by atoms with van der Waals surface area (Å²) in [4.78, 5) is 22.2. The summed E-state index contributed by atoms with van der Waals surface area (Å²) in [5.41, 5.74) is 1.77. The van der Waals surface area contributed by atoms with Gasteiger partial charge in [0.15, 0.2) is 5.76 Å². The number of rotatable bonds is 6. The molecular weight excluding hydrogens is 288 g/mol. The van der Waals surface area contributed by atoms with Gasteiger partial charge in [0.05, 0.1) is 13.4 Å². The molecule has 0 saturated heterocycles. The van der Waals surface area contributed by atoms with Crippen LogP contribution in [-0.2, 0) is 11.2 Å². The maximum atomic E-state index is 11.7. The Morgan fingerprint density at radius 1 is 1.18 bits per heavy atom. The lowest BCUT2D eigenvalue weighted by molar-refractivity contribution is -0.135. The number of carbonyl (C=O) groups is 2. The van der Waals surface area contributed by atoms with Crippen molar-refractivity contribution in [1.82, 2.24) is 0 Å². The Morgan fingerprint density at radius 3 is 2.45 bits per heavy atom. The molecule has 0 amide bonds. The van der Waals surface area contributed by atoms with Gasteiger partial charge in [-0.2, -0.15) is 0 Å². The van der Waals surface area contributed by atoms with E-state index in [4.69, 9.17) is 19.4 Å². The monoisotopic (exact) mass is 302 g/mol. The quantitative estimate of drug-likeness (QED) is 0.483. The molecule has 22 heavy (non-hydrogen) atoms. The van der Waals surface area contributed by atoms with Crippen molar-refractivity contribution in [1.29, 1.82) is 0 Å². The summed E-state index contributed by atoms with van der Waals surface area (Å²) in [6, 6.07) is 8.95. The number of benzene rings is 1. The smallest absolute Gasteiger partial charge is 0.371 e. The highest BCUT2D eigenvalue weighted by Crippen LogP contribution is 2.17. The maximum Gasteiger partial charge on any atom is 0.371 e. The van der Waals surface area contributed by atoms with E-state index in [9.17, 15) is 9.59 Å². The van der Waals surface area contributed by atoms with Crippen molar-refractivity contribution in [2.24, 2.45) is 0 Å². The van der Waals surface area contributed by atoms with E-state index < -0.39 is 17.5 Å². The molecule has 0 aliphatic rings. The molecule has 0 radical (unpaired) electrons. The van der Waals surface area contributed by atoms with Crippen LogP contribution in [0.25, 0.3) is 0 Å². The first-order valence-electron chi connectivity index (χ1n) is 6.38. The second kappa shape index (κ2) is 6.62. The molecule has 6 nitrogen and oxygen atoms in total. The first-order valence-corrected chi connectivity index (χ1v) is 6.38. The maximum absolute atomic E-state index is 11.7. The number of ketones is 1. The van der Waals surface area contributed by atoms with E-state index in [1.165, 1.54) is 12.3 Å². The highest BCUT2D eigenvalue weighted by Gasteiger charge is 2.13. The fraction of sp³-hybridized carbons (Fsp3) is 0.125. The number of aliphatic carboxylic acids is 1. The van der Waals surface area contributed by atoms with E-state index in [0.29, 0.717) is 12.5 Å². The molecule has 0 atom stereocenters. The van der Waals surface area contributed by atoms with Gasteiger partial charge in [0.25, 0.3) is 0 Å². The minimum Gasteiger partial charge on any atom is -0.502 e. The molecule has 1 aromatic carbocycles. The van der Waals surface area contributed by atoms with Crippen LogP contribution in [0.1, 0.15) is 21.7 Å². The Morgan fingerprint density at radius 2 is 1.86 bits per heavy atom. The van der Waals surface area contributed by atoms with Crippen molar-refractivity contribution >= 4 is 11.8 Å². The molecule has 2 N–H and O–H groups in total. The van der Waals surface area contributed by atoms with E-state index in [0.717, 1.165) is 16.9 Å². The van der Waals surface area contributed by atoms with Gasteiger partial charge < -0.3 is 19.4 Å². The van der Waals surface area contributed by atoms with Gasteiger partial charge in [-0.05, 0) is 29.3 Å². The average Bonchev–Trinajstić information content (AvgIpc) is 2.96. The lowest BCUT2D eigenvalue weighted by Crippen LogP contribution is -2.03. The fourth-order valence-corrected chi connectivity index (χ4v) is 1.83. The van der Waals surface area contributed by atoms with E-state index in [1.54, 1.807) is 7.11 Å². The molecule has 1 heterocycles. The summed E-state index contributed by atoms with van der Waals surface area (Å²) in [6.45, 7) is 0. The summed E-state index contributed by atoms with van der Waals surface area (Å²) in [7, 11) is 1.59. The molecule has 0 unspecified atom stereocenters. The molecule has 0 aliphatic heterocycles.